The Morgan fingerprint density at radius 1 is 1.35 bits per heavy atom. The lowest BCUT2D eigenvalue weighted by molar-refractivity contribution is -0.135. The normalized spacial score (nSPS) is 11.1. The zero-order valence-corrected chi connectivity index (χ0v) is 8.90. The van der Waals surface area contributed by atoms with Crippen molar-refractivity contribution in [1.29, 1.82) is 0 Å². The summed E-state index contributed by atoms with van der Waals surface area (Å²) in [5.74, 6) is -3.89. The first-order chi connectivity index (χ1) is 7.90. The number of benzene rings is 1. The Morgan fingerprint density at radius 3 is 2.53 bits per heavy atom. The van der Waals surface area contributed by atoms with Crippen LogP contribution >= 0.6 is 0 Å². The molecule has 1 aromatic rings. The number of aliphatic hydroxyl groups excluding tert-OH is 1. The number of carboxylic acids is 1. The molecule has 0 unspecified atom stereocenters. The summed E-state index contributed by atoms with van der Waals surface area (Å²) in [5.41, 5.74) is 0.651. The van der Waals surface area contributed by atoms with E-state index in [-0.39, 0.29) is 0 Å². The van der Waals surface area contributed by atoms with Crippen LogP contribution in [0.2, 0.25) is 0 Å². The number of aryl methyl sites for hydroxylation is 1. The fourth-order valence-electron chi connectivity index (χ4n) is 1.09. The molecule has 1 rings (SSSR count). The molecule has 0 aliphatic rings. The Morgan fingerprint density at radius 2 is 2.00 bits per heavy atom. The molecule has 0 spiro atoms. The molecular formula is C11H10FNO4. The van der Waals surface area contributed by atoms with E-state index in [4.69, 9.17) is 10.2 Å². The molecule has 0 atom stereocenters. The molecule has 0 saturated carbocycles. The summed E-state index contributed by atoms with van der Waals surface area (Å²) in [5, 5.41) is 19.4. The summed E-state index contributed by atoms with van der Waals surface area (Å²) in [7, 11) is 0. The van der Waals surface area contributed by atoms with Crippen LogP contribution in [0.4, 0.5) is 10.1 Å². The lowest BCUT2D eigenvalue weighted by Gasteiger charge is -2.04. The second kappa shape index (κ2) is 5.11. The largest absolute Gasteiger partial charge is 0.502 e. The van der Waals surface area contributed by atoms with Crippen molar-refractivity contribution < 1.29 is 24.2 Å². The smallest absolute Gasteiger partial charge is 0.371 e. The maximum Gasteiger partial charge on any atom is 0.371 e. The lowest BCUT2D eigenvalue weighted by Crippen LogP contribution is -2.11. The molecule has 90 valence electrons. The van der Waals surface area contributed by atoms with E-state index in [0.29, 0.717) is 17.3 Å². The summed E-state index contributed by atoms with van der Waals surface area (Å²) in [6.45, 7) is 1.52. The molecule has 0 aromatic heterocycles. The van der Waals surface area contributed by atoms with Gasteiger partial charge in [-0.1, -0.05) is 0 Å². The van der Waals surface area contributed by atoms with Gasteiger partial charge in [-0.25, -0.2) is 9.18 Å². The van der Waals surface area contributed by atoms with Gasteiger partial charge in [-0.05, 0) is 30.7 Å². The molecule has 0 radical (unpaired) electrons. The first-order valence-corrected chi connectivity index (χ1v) is 4.61. The number of hydrogen-bond donors (Lipinski definition) is 3. The van der Waals surface area contributed by atoms with Gasteiger partial charge < -0.3 is 15.5 Å². The molecule has 0 aliphatic carbocycles. The molecule has 0 aliphatic heterocycles. The van der Waals surface area contributed by atoms with Crippen molar-refractivity contribution in [1.82, 2.24) is 0 Å². The number of rotatable bonds is 3. The number of carbonyl (C=O) groups excluding carboxylic acids is 1. The van der Waals surface area contributed by atoms with Gasteiger partial charge in [0.2, 0.25) is 5.76 Å². The van der Waals surface area contributed by atoms with E-state index >= 15 is 0 Å². The van der Waals surface area contributed by atoms with Gasteiger partial charge in [0.15, 0.2) is 0 Å². The number of amides is 1. The standard InChI is InChI=1S/C11H10FNO4/c1-6-4-7(2-3-8(6)12)13-10(15)5-9(14)11(16)17/h2-5,14H,1H3,(H,13,15)(H,16,17)/b9-5-. The minimum Gasteiger partial charge on any atom is -0.502 e. The maximum atomic E-state index is 12.9. The third-order valence-corrected chi connectivity index (χ3v) is 1.91. The van der Waals surface area contributed by atoms with Gasteiger partial charge in [0.1, 0.15) is 5.82 Å². The van der Waals surface area contributed by atoms with Crippen LogP contribution in [0, 0.1) is 12.7 Å². The summed E-state index contributed by atoms with van der Waals surface area (Å²) in [4.78, 5) is 21.5. The van der Waals surface area contributed by atoms with Gasteiger partial charge in [-0.2, -0.15) is 0 Å². The monoisotopic (exact) mass is 239 g/mol. The van der Waals surface area contributed by atoms with E-state index in [1.54, 1.807) is 0 Å². The lowest BCUT2D eigenvalue weighted by atomic mass is 10.2. The fraction of sp³-hybridized carbons (Fsp3) is 0.0909. The minimum atomic E-state index is -1.60. The van der Waals surface area contributed by atoms with Crippen molar-refractivity contribution in [2.75, 3.05) is 5.32 Å². The molecule has 0 heterocycles. The van der Waals surface area contributed by atoms with E-state index in [1.807, 2.05) is 0 Å². The Bertz CT molecular complexity index is 496. The van der Waals surface area contributed by atoms with Gasteiger partial charge in [0.05, 0.1) is 6.08 Å². The Kier molecular flexibility index (Phi) is 3.82. The van der Waals surface area contributed by atoms with Gasteiger partial charge in [0, 0.05) is 5.69 Å². The first-order valence-electron chi connectivity index (χ1n) is 4.61. The number of nitrogens with one attached hydrogen (secondary N) is 1. The van der Waals surface area contributed by atoms with Crippen LogP contribution < -0.4 is 5.32 Å². The highest BCUT2D eigenvalue weighted by Gasteiger charge is 2.08. The molecule has 0 bridgehead atoms. The van der Waals surface area contributed by atoms with Crippen LogP contribution in [0.25, 0.3) is 0 Å². The van der Waals surface area contributed by atoms with Crippen LogP contribution in [0.5, 0.6) is 0 Å². The Labute approximate surface area is 96.2 Å². The highest BCUT2D eigenvalue weighted by molar-refractivity contribution is 6.03. The molecular weight excluding hydrogens is 229 g/mol. The van der Waals surface area contributed by atoms with Crippen LogP contribution in [0.3, 0.4) is 0 Å². The quantitative estimate of drug-likeness (QED) is 0.552. The van der Waals surface area contributed by atoms with E-state index < -0.39 is 23.5 Å². The second-order valence-corrected chi connectivity index (χ2v) is 3.29. The van der Waals surface area contributed by atoms with Crippen molar-refractivity contribution in [2.24, 2.45) is 0 Å². The number of hydrogen-bond acceptors (Lipinski definition) is 3. The molecule has 6 heteroatoms. The van der Waals surface area contributed by atoms with Crippen molar-refractivity contribution in [3.8, 4) is 0 Å². The molecule has 17 heavy (non-hydrogen) atoms. The first kappa shape index (κ1) is 12.7. The molecule has 3 N–H and O–H groups in total. The third kappa shape index (κ3) is 3.60. The zero-order valence-electron chi connectivity index (χ0n) is 8.90. The maximum absolute atomic E-state index is 12.9. The average molecular weight is 239 g/mol. The molecule has 0 fully saturated rings. The van der Waals surface area contributed by atoms with Crippen molar-refractivity contribution in [2.45, 2.75) is 6.92 Å². The summed E-state index contributed by atoms with van der Waals surface area (Å²) in [6.07, 6.45) is 0.529. The average Bonchev–Trinajstić information content (AvgIpc) is 2.23. The van der Waals surface area contributed by atoms with E-state index in [9.17, 15) is 14.0 Å². The van der Waals surface area contributed by atoms with E-state index in [2.05, 4.69) is 5.32 Å². The van der Waals surface area contributed by atoms with E-state index in [0.717, 1.165) is 0 Å². The van der Waals surface area contributed by atoms with Gasteiger partial charge in [0.25, 0.3) is 5.91 Å². The highest BCUT2D eigenvalue weighted by Crippen LogP contribution is 2.13. The number of aliphatic carboxylic acids is 1. The second-order valence-electron chi connectivity index (χ2n) is 3.29. The van der Waals surface area contributed by atoms with Crippen molar-refractivity contribution >= 4 is 17.6 Å². The highest BCUT2D eigenvalue weighted by atomic mass is 19.1. The summed E-state index contributed by atoms with van der Waals surface area (Å²) < 4.78 is 12.9. The number of carboxylic acid groups (broad SMARTS) is 1. The van der Waals surface area contributed by atoms with E-state index in [1.165, 1.54) is 25.1 Å². The number of halogens is 1. The third-order valence-electron chi connectivity index (χ3n) is 1.91. The van der Waals surface area contributed by atoms with Gasteiger partial charge >= 0.3 is 5.97 Å². The fourth-order valence-corrected chi connectivity index (χ4v) is 1.09. The summed E-state index contributed by atoms with van der Waals surface area (Å²) >= 11 is 0. The predicted molar refractivity (Wildman–Crippen MR) is 58.1 cm³/mol. The zero-order chi connectivity index (χ0) is 13.0. The number of anilines is 1. The molecule has 0 saturated heterocycles. The number of aliphatic hydroxyl groups is 1. The minimum absolute atomic E-state index is 0.309. The topological polar surface area (TPSA) is 86.6 Å². The number of carbonyl (C=O) groups is 2. The van der Waals surface area contributed by atoms with Gasteiger partial charge in [-0.15, -0.1) is 0 Å². The van der Waals surface area contributed by atoms with Crippen LogP contribution in [-0.4, -0.2) is 22.1 Å². The molecule has 1 aromatic carbocycles. The van der Waals surface area contributed by atoms with Crippen LogP contribution in [-0.2, 0) is 9.59 Å². The molecule has 5 nitrogen and oxygen atoms in total. The van der Waals surface area contributed by atoms with Crippen LogP contribution in [0.1, 0.15) is 5.56 Å². The summed E-state index contributed by atoms with van der Waals surface area (Å²) in [6, 6.07) is 3.89. The van der Waals surface area contributed by atoms with Gasteiger partial charge in [-0.3, -0.25) is 4.79 Å². The Hall–Kier alpha value is -2.37. The van der Waals surface area contributed by atoms with Crippen LogP contribution in [0.15, 0.2) is 30.0 Å². The predicted octanol–water partition coefficient (Wildman–Crippen LogP) is 1.60. The SMILES string of the molecule is Cc1cc(NC(=O)/C=C(\O)C(=O)O)ccc1F. The molecule has 1 amide bonds. The Balaban J connectivity index is 2.78. The van der Waals surface area contributed by atoms with Crippen molar-refractivity contribution in [3.05, 3.63) is 41.4 Å². The van der Waals surface area contributed by atoms with Crippen molar-refractivity contribution in [3.63, 3.8) is 0 Å².